The van der Waals surface area contributed by atoms with Gasteiger partial charge in [-0.2, -0.15) is 0 Å². The normalized spacial score (nSPS) is 11.3. The first-order valence-electron chi connectivity index (χ1n) is 7.76. The topological polar surface area (TPSA) is 56.9 Å². The Morgan fingerprint density at radius 3 is 2.48 bits per heavy atom. The fourth-order valence-electron chi connectivity index (χ4n) is 2.55. The van der Waals surface area contributed by atoms with E-state index in [2.05, 4.69) is 23.9 Å². The summed E-state index contributed by atoms with van der Waals surface area (Å²) in [5.74, 6) is 0.0976. The zero-order chi connectivity index (χ0) is 16.7. The van der Waals surface area contributed by atoms with Crippen LogP contribution < -0.4 is 0 Å². The Hall–Kier alpha value is -2.11. The third-order valence-corrected chi connectivity index (χ3v) is 3.71. The molecule has 0 aliphatic rings. The third-order valence-electron chi connectivity index (χ3n) is 3.71. The number of hydrogen-bond acceptors (Lipinski definition) is 4. The van der Waals surface area contributed by atoms with E-state index >= 15 is 0 Å². The highest BCUT2D eigenvalue weighted by atomic mass is 16.4. The van der Waals surface area contributed by atoms with Crippen LogP contribution in [0.1, 0.15) is 28.1 Å². The van der Waals surface area contributed by atoms with Crippen LogP contribution in [0.25, 0.3) is 0 Å². The molecule has 5 heteroatoms. The summed E-state index contributed by atoms with van der Waals surface area (Å²) in [6, 6.07) is 11.0. The molecule has 124 valence electrons. The van der Waals surface area contributed by atoms with E-state index in [-0.39, 0.29) is 0 Å². The quantitative estimate of drug-likeness (QED) is 0.771. The first-order valence-corrected chi connectivity index (χ1v) is 7.76. The standard InChI is InChI=1S/C18H24N2O3/c1-19(13-15-6-3-7-16(12-15)18(21)22)9-5-10-20(2)14-17-8-4-11-23-17/h3-4,6-8,11-12H,5,9-10,13-14H2,1-2H3,(H,21,22). The molecule has 1 N–H and O–H groups in total. The number of rotatable bonds is 9. The molecule has 1 aromatic carbocycles. The van der Waals surface area contributed by atoms with Crippen LogP contribution in [0.4, 0.5) is 0 Å². The van der Waals surface area contributed by atoms with Crippen LogP contribution in [0, 0.1) is 0 Å². The molecule has 0 bridgehead atoms. The van der Waals surface area contributed by atoms with Gasteiger partial charge in [0.05, 0.1) is 18.4 Å². The highest BCUT2D eigenvalue weighted by Crippen LogP contribution is 2.09. The molecule has 0 saturated carbocycles. The van der Waals surface area contributed by atoms with Crippen LogP contribution in [0.3, 0.4) is 0 Å². The van der Waals surface area contributed by atoms with E-state index in [1.54, 1.807) is 24.5 Å². The van der Waals surface area contributed by atoms with E-state index in [9.17, 15) is 4.79 Å². The predicted octanol–water partition coefficient (Wildman–Crippen LogP) is 2.93. The lowest BCUT2D eigenvalue weighted by Crippen LogP contribution is -2.25. The molecule has 0 radical (unpaired) electrons. The Kier molecular flexibility index (Phi) is 6.38. The molecule has 0 fully saturated rings. The lowest BCUT2D eigenvalue weighted by Gasteiger charge is -2.20. The molecular weight excluding hydrogens is 292 g/mol. The van der Waals surface area contributed by atoms with E-state index in [0.29, 0.717) is 5.56 Å². The van der Waals surface area contributed by atoms with Gasteiger partial charge < -0.3 is 14.4 Å². The van der Waals surface area contributed by atoms with Crippen molar-refractivity contribution in [2.24, 2.45) is 0 Å². The minimum Gasteiger partial charge on any atom is -0.478 e. The highest BCUT2D eigenvalue weighted by Gasteiger charge is 2.07. The van der Waals surface area contributed by atoms with Gasteiger partial charge in [-0.3, -0.25) is 4.90 Å². The number of hydrogen-bond donors (Lipinski definition) is 1. The van der Waals surface area contributed by atoms with Gasteiger partial charge in [0.25, 0.3) is 0 Å². The van der Waals surface area contributed by atoms with Crippen molar-refractivity contribution >= 4 is 5.97 Å². The smallest absolute Gasteiger partial charge is 0.335 e. The Bertz CT molecular complexity index is 610. The van der Waals surface area contributed by atoms with Crippen LogP contribution in [0.15, 0.2) is 47.1 Å². The largest absolute Gasteiger partial charge is 0.478 e. The van der Waals surface area contributed by atoms with E-state index in [1.807, 2.05) is 18.2 Å². The molecule has 0 spiro atoms. The molecule has 0 atom stereocenters. The summed E-state index contributed by atoms with van der Waals surface area (Å²) in [7, 11) is 4.14. The summed E-state index contributed by atoms with van der Waals surface area (Å²) in [4.78, 5) is 15.4. The predicted molar refractivity (Wildman–Crippen MR) is 89.4 cm³/mol. The molecule has 0 unspecified atom stereocenters. The van der Waals surface area contributed by atoms with Crippen LogP contribution in [0.5, 0.6) is 0 Å². The summed E-state index contributed by atoms with van der Waals surface area (Å²) in [6.45, 7) is 3.51. The molecule has 2 aromatic rings. The maximum atomic E-state index is 11.0. The van der Waals surface area contributed by atoms with Crippen molar-refractivity contribution in [3.63, 3.8) is 0 Å². The molecule has 23 heavy (non-hydrogen) atoms. The van der Waals surface area contributed by atoms with Crippen LogP contribution in [0.2, 0.25) is 0 Å². The molecule has 0 aliphatic carbocycles. The van der Waals surface area contributed by atoms with Crippen LogP contribution in [-0.4, -0.2) is 48.1 Å². The average Bonchev–Trinajstić information content (AvgIpc) is 3.00. The average molecular weight is 316 g/mol. The molecule has 0 saturated heterocycles. The van der Waals surface area contributed by atoms with Crippen molar-refractivity contribution in [3.8, 4) is 0 Å². The third kappa shape index (κ3) is 5.88. The zero-order valence-electron chi connectivity index (χ0n) is 13.7. The van der Waals surface area contributed by atoms with Crippen molar-refractivity contribution in [2.45, 2.75) is 19.5 Å². The minimum atomic E-state index is -0.881. The second-order valence-electron chi connectivity index (χ2n) is 5.91. The fraction of sp³-hybridized carbons (Fsp3) is 0.389. The number of aromatic carboxylic acids is 1. The second-order valence-corrected chi connectivity index (χ2v) is 5.91. The Labute approximate surface area is 137 Å². The maximum Gasteiger partial charge on any atom is 0.335 e. The number of carboxylic acid groups (broad SMARTS) is 1. The number of furan rings is 1. The van der Waals surface area contributed by atoms with E-state index in [1.165, 1.54) is 0 Å². The van der Waals surface area contributed by atoms with Crippen molar-refractivity contribution in [2.75, 3.05) is 27.2 Å². The minimum absolute atomic E-state index is 0.342. The number of carbonyl (C=O) groups is 1. The van der Waals surface area contributed by atoms with Crippen molar-refractivity contribution in [1.82, 2.24) is 9.80 Å². The van der Waals surface area contributed by atoms with Gasteiger partial charge in [0.1, 0.15) is 5.76 Å². The molecule has 1 heterocycles. The van der Waals surface area contributed by atoms with Gasteiger partial charge in [-0.1, -0.05) is 12.1 Å². The SMILES string of the molecule is CN(CCCN(C)Cc1ccco1)Cc1cccc(C(=O)O)c1. The van der Waals surface area contributed by atoms with Crippen LogP contribution in [-0.2, 0) is 13.1 Å². The molecule has 0 amide bonds. The van der Waals surface area contributed by atoms with Crippen molar-refractivity contribution < 1.29 is 14.3 Å². The lowest BCUT2D eigenvalue weighted by atomic mass is 10.1. The number of benzene rings is 1. The van der Waals surface area contributed by atoms with E-state index in [4.69, 9.17) is 9.52 Å². The summed E-state index contributed by atoms with van der Waals surface area (Å²) in [5.41, 5.74) is 1.37. The Morgan fingerprint density at radius 2 is 1.83 bits per heavy atom. The molecular formula is C18H24N2O3. The summed E-state index contributed by atoms with van der Waals surface area (Å²) >= 11 is 0. The summed E-state index contributed by atoms with van der Waals surface area (Å²) < 4.78 is 5.34. The van der Waals surface area contributed by atoms with Gasteiger partial charge in [0, 0.05) is 6.54 Å². The highest BCUT2D eigenvalue weighted by molar-refractivity contribution is 5.87. The number of nitrogens with zero attached hydrogens (tertiary/aromatic N) is 2. The Balaban J connectivity index is 1.71. The molecule has 5 nitrogen and oxygen atoms in total. The van der Waals surface area contributed by atoms with E-state index in [0.717, 1.165) is 43.9 Å². The van der Waals surface area contributed by atoms with Gasteiger partial charge in [-0.05, 0) is 63.4 Å². The molecule has 0 aliphatic heterocycles. The van der Waals surface area contributed by atoms with Gasteiger partial charge in [0.2, 0.25) is 0 Å². The lowest BCUT2D eigenvalue weighted by molar-refractivity contribution is 0.0696. The monoisotopic (exact) mass is 316 g/mol. The van der Waals surface area contributed by atoms with Crippen molar-refractivity contribution in [3.05, 3.63) is 59.5 Å². The fourth-order valence-corrected chi connectivity index (χ4v) is 2.55. The van der Waals surface area contributed by atoms with Gasteiger partial charge in [-0.25, -0.2) is 4.79 Å². The molecule has 1 aromatic heterocycles. The first kappa shape index (κ1) is 17.2. The van der Waals surface area contributed by atoms with Gasteiger partial charge >= 0.3 is 5.97 Å². The molecule has 2 rings (SSSR count). The Morgan fingerprint density at radius 1 is 1.09 bits per heavy atom. The van der Waals surface area contributed by atoms with Gasteiger partial charge in [-0.15, -0.1) is 0 Å². The summed E-state index contributed by atoms with van der Waals surface area (Å²) in [5, 5.41) is 9.02. The summed E-state index contributed by atoms with van der Waals surface area (Å²) in [6.07, 6.45) is 2.74. The van der Waals surface area contributed by atoms with Crippen LogP contribution >= 0.6 is 0 Å². The maximum absolute atomic E-state index is 11.0. The second kappa shape index (κ2) is 8.50. The van der Waals surface area contributed by atoms with Gasteiger partial charge in [0.15, 0.2) is 0 Å². The first-order chi connectivity index (χ1) is 11.0. The van der Waals surface area contributed by atoms with Crippen molar-refractivity contribution in [1.29, 1.82) is 0 Å². The zero-order valence-corrected chi connectivity index (χ0v) is 13.7. The van der Waals surface area contributed by atoms with E-state index < -0.39 is 5.97 Å². The number of carboxylic acids is 1.